The smallest absolute Gasteiger partial charge is 0.221 e. The molecular weight excluding hydrogens is 444 g/mol. The predicted octanol–water partition coefficient (Wildman–Crippen LogP) is 3.20. The second-order valence-electron chi connectivity index (χ2n) is 6.73. The lowest BCUT2D eigenvalue weighted by Gasteiger charge is -2.06. The topological polar surface area (TPSA) is 157 Å². The van der Waals surface area contributed by atoms with Gasteiger partial charge < -0.3 is 15.0 Å². The largest absolute Gasteiger partial charge is 0.378 e. The standard InChI is InChI=1S/C20H20N8O2.CH4OS/c1-30-12-16-7-3-6-15(22-16)10-28-11-19(25-27-28)18-9-17(23-20(21)24-18)13-4-2-5-14(8-13)26-29;1-3-2/h2-9,11,26,29H,10,12H2,1H3,(H2,21,23,24);2H,1H3. The van der Waals surface area contributed by atoms with Crippen molar-refractivity contribution in [3.8, 4) is 22.6 Å². The Labute approximate surface area is 194 Å². The van der Waals surface area contributed by atoms with E-state index in [0.29, 0.717) is 35.9 Å². The number of rotatable bonds is 7. The van der Waals surface area contributed by atoms with Crippen LogP contribution in [0.5, 0.6) is 0 Å². The molecule has 0 aliphatic heterocycles. The van der Waals surface area contributed by atoms with E-state index in [4.69, 9.17) is 20.2 Å². The zero-order valence-electron chi connectivity index (χ0n) is 18.1. The molecule has 0 aliphatic rings. The zero-order valence-corrected chi connectivity index (χ0v) is 18.9. The summed E-state index contributed by atoms with van der Waals surface area (Å²) in [4.78, 5) is 13.1. The summed E-state index contributed by atoms with van der Waals surface area (Å²) in [5.41, 5.74) is 12.8. The third-order valence-corrected chi connectivity index (χ3v) is 4.31. The summed E-state index contributed by atoms with van der Waals surface area (Å²) in [6.07, 6.45) is 3.38. The van der Waals surface area contributed by atoms with Crippen LogP contribution < -0.4 is 11.2 Å². The van der Waals surface area contributed by atoms with Crippen LogP contribution in [0.4, 0.5) is 11.6 Å². The Bertz CT molecular complexity index is 1190. The summed E-state index contributed by atoms with van der Waals surface area (Å²) >= 11 is 0.750. The molecule has 0 fully saturated rings. The summed E-state index contributed by atoms with van der Waals surface area (Å²) in [6.45, 7) is 0.911. The van der Waals surface area contributed by atoms with Crippen LogP contribution in [-0.4, -0.2) is 53.1 Å². The number of ether oxygens (including phenoxy) is 1. The van der Waals surface area contributed by atoms with Gasteiger partial charge in [-0.2, -0.15) is 0 Å². The molecule has 0 bridgehead atoms. The molecule has 172 valence electrons. The third-order valence-electron chi connectivity index (χ3n) is 4.31. The van der Waals surface area contributed by atoms with E-state index in [-0.39, 0.29) is 5.95 Å². The molecule has 0 saturated carbocycles. The van der Waals surface area contributed by atoms with Crippen LogP contribution in [0.2, 0.25) is 0 Å². The van der Waals surface area contributed by atoms with E-state index in [1.807, 2.05) is 24.3 Å². The van der Waals surface area contributed by atoms with E-state index < -0.39 is 0 Å². The van der Waals surface area contributed by atoms with E-state index in [1.54, 1.807) is 48.5 Å². The van der Waals surface area contributed by atoms with E-state index in [2.05, 4.69) is 30.7 Å². The van der Waals surface area contributed by atoms with Gasteiger partial charge in [-0.15, -0.1) is 5.10 Å². The molecule has 0 amide bonds. The highest BCUT2D eigenvalue weighted by Crippen LogP contribution is 2.25. The van der Waals surface area contributed by atoms with Crippen molar-refractivity contribution in [3.05, 3.63) is 66.1 Å². The first-order valence-electron chi connectivity index (χ1n) is 9.73. The second-order valence-corrected chi connectivity index (χ2v) is 7.09. The monoisotopic (exact) mass is 468 g/mol. The maximum absolute atomic E-state index is 9.13. The lowest BCUT2D eigenvalue weighted by molar-refractivity contribution is 0.181. The van der Waals surface area contributed by atoms with E-state index in [0.717, 1.165) is 29.0 Å². The molecule has 0 unspecified atom stereocenters. The number of hydrogen-bond acceptors (Lipinski definition) is 11. The number of pyridine rings is 1. The minimum atomic E-state index is 0.119. The molecule has 4 aromatic rings. The van der Waals surface area contributed by atoms with Crippen LogP contribution in [0, 0.1) is 0 Å². The molecule has 4 rings (SSSR count). The number of aromatic nitrogens is 6. The highest BCUT2D eigenvalue weighted by atomic mass is 32.2. The average molecular weight is 469 g/mol. The molecule has 0 spiro atoms. The van der Waals surface area contributed by atoms with Crippen LogP contribution in [0.3, 0.4) is 0 Å². The number of nitrogens with zero attached hydrogens (tertiary/aromatic N) is 6. The number of methoxy groups -OCH3 is 1. The average Bonchev–Trinajstić information content (AvgIpc) is 3.28. The van der Waals surface area contributed by atoms with Gasteiger partial charge in [-0.05, 0) is 42.4 Å². The van der Waals surface area contributed by atoms with Crippen molar-refractivity contribution in [1.29, 1.82) is 0 Å². The van der Waals surface area contributed by atoms with Crippen molar-refractivity contribution < 1.29 is 14.5 Å². The van der Waals surface area contributed by atoms with Crippen molar-refractivity contribution >= 4 is 23.7 Å². The number of nitrogens with two attached hydrogens (primary N) is 1. The van der Waals surface area contributed by atoms with Crippen molar-refractivity contribution in [2.45, 2.75) is 13.2 Å². The van der Waals surface area contributed by atoms with Gasteiger partial charge in [-0.3, -0.25) is 15.7 Å². The molecule has 1 aromatic carbocycles. The zero-order chi connectivity index (χ0) is 23.6. The van der Waals surface area contributed by atoms with Gasteiger partial charge in [-0.25, -0.2) is 14.6 Å². The fourth-order valence-corrected chi connectivity index (χ4v) is 3.00. The Balaban J connectivity index is 0.000000968. The summed E-state index contributed by atoms with van der Waals surface area (Å²) in [5.74, 6) is 0.119. The molecule has 33 heavy (non-hydrogen) atoms. The van der Waals surface area contributed by atoms with Gasteiger partial charge in [0.25, 0.3) is 0 Å². The highest BCUT2D eigenvalue weighted by molar-refractivity contribution is 7.93. The van der Waals surface area contributed by atoms with E-state index in [1.165, 1.54) is 0 Å². The van der Waals surface area contributed by atoms with E-state index >= 15 is 0 Å². The quantitative estimate of drug-likeness (QED) is 0.233. The molecule has 0 radical (unpaired) electrons. The highest BCUT2D eigenvalue weighted by Gasteiger charge is 2.11. The van der Waals surface area contributed by atoms with Crippen LogP contribution >= 0.6 is 12.0 Å². The Kier molecular flexibility index (Phi) is 8.66. The Morgan fingerprint density at radius 2 is 1.76 bits per heavy atom. The second kappa shape index (κ2) is 11.9. The summed E-state index contributed by atoms with van der Waals surface area (Å²) in [6, 6.07) is 14.7. The summed E-state index contributed by atoms with van der Waals surface area (Å²) < 4.78 is 14.3. The number of anilines is 2. The summed E-state index contributed by atoms with van der Waals surface area (Å²) in [5, 5.41) is 17.5. The lowest BCUT2D eigenvalue weighted by Crippen LogP contribution is -2.04. The number of nitrogen functional groups attached to an aromatic ring is 1. The van der Waals surface area contributed by atoms with Crippen molar-refractivity contribution in [2.24, 2.45) is 0 Å². The molecule has 0 saturated heterocycles. The molecule has 5 N–H and O–H groups in total. The molecule has 11 nitrogen and oxygen atoms in total. The van der Waals surface area contributed by atoms with Gasteiger partial charge in [0.15, 0.2) is 0 Å². The first kappa shape index (κ1) is 24.1. The minimum absolute atomic E-state index is 0.119. The number of benzene rings is 1. The molecule has 3 heterocycles. The van der Waals surface area contributed by atoms with Gasteiger partial charge in [0, 0.05) is 18.9 Å². The lowest BCUT2D eigenvalue weighted by atomic mass is 10.1. The van der Waals surface area contributed by atoms with Crippen LogP contribution in [0.25, 0.3) is 22.6 Å². The predicted molar refractivity (Wildman–Crippen MR) is 127 cm³/mol. The van der Waals surface area contributed by atoms with Gasteiger partial charge >= 0.3 is 0 Å². The maximum atomic E-state index is 9.13. The Morgan fingerprint density at radius 3 is 2.52 bits per heavy atom. The van der Waals surface area contributed by atoms with Crippen molar-refractivity contribution in [2.75, 3.05) is 24.6 Å². The van der Waals surface area contributed by atoms with Crippen LogP contribution in [0.15, 0.2) is 54.7 Å². The first-order chi connectivity index (χ1) is 16.1. The molecular formula is C21H24N8O3S. The van der Waals surface area contributed by atoms with Gasteiger partial charge in [0.05, 0.1) is 47.8 Å². The molecule has 12 heteroatoms. The summed E-state index contributed by atoms with van der Waals surface area (Å²) in [7, 11) is 1.64. The van der Waals surface area contributed by atoms with Crippen molar-refractivity contribution in [3.63, 3.8) is 0 Å². The normalized spacial score (nSPS) is 10.4. The SMILES string of the molecule is COCc1cccc(Cn2cc(-c3cc(-c4cccc(NO)c4)nc(N)n3)nn2)n1.CSO. The fraction of sp³-hybridized carbons (Fsp3) is 0.190. The van der Waals surface area contributed by atoms with Gasteiger partial charge in [-0.1, -0.05) is 23.4 Å². The van der Waals surface area contributed by atoms with Gasteiger partial charge in [0.2, 0.25) is 5.95 Å². The van der Waals surface area contributed by atoms with Crippen molar-refractivity contribution in [1.82, 2.24) is 29.9 Å². The fourth-order valence-electron chi connectivity index (χ4n) is 3.00. The first-order valence-corrected chi connectivity index (χ1v) is 10.9. The number of nitrogens with one attached hydrogen (secondary N) is 1. The minimum Gasteiger partial charge on any atom is -0.378 e. The maximum Gasteiger partial charge on any atom is 0.221 e. The third kappa shape index (κ3) is 6.70. The Hall–Kier alpha value is -3.58. The number of hydrogen-bond donors (Lipinski definition) is 4. The Morgan fingerprint density at radius 1 is 1.03 bits per heavy atom. The van der Waals surface area contributed by atoms with Crippen LogP contribution in [0.1, 0.15) is 11.4 Å². The van der Waals surface area contributed by atoms with Crippen LogP contribution in [-0.2, 0) is 17.9 Å². The molecule has 0 aliphatic carbocycles. The van der Waals surface area contributed by atoms with E-state index in [9.17, 15) is 0 Å². The van der Waals surface area contributed by atoms with Gasteiger partial charge in [0.1, 0.15) is 5.69 Å². The molecule has 3 aromatic heterocycles. The molecule has 0 atom stereocenters.